The highest BCUT2D eigenvalue weighted by atomic mass is 35.5. The third-order valence-electron chi connectivity index (χ3n) is 2.90. The molecule has 0 saturated carbocycles. The van der Waals surface area contributed by atoms with E-state index in [2.05, 4.69) is 4.98 Å². The van der Waals surface area contributed by atoms with Crippen molar-refractivity contribution in [1.82, 2.24) is 4.98 Å². The minimum absolute atomic E-state index is 0.0891. The number of carbonyl (C=O) groups is 1. The van der Waals surface area contributed by atoms with Crippen LogP contribution in [0.1, 0.15) is 16.1 Å². The van der Waals surface area contributed by atoms with Gasteiger partial charge >= 0.3 is 5.97 Å². The summed E-state index contributed by atoms with van der Waals surface area (Å²) in [6, 6.07) is 8.51. The molecule has 6 heteroatoms. The molecule has 0 atom stereocenters. The molecule has 2 heterocycles. The largest absolute Gasteiger partial charge is 0.486 e. The smallest absolute Gasteiger partial charge is 0.357 e. The molecule has 0 unspecified atom stereocenters. The molecule has 5 nitrogen and oxygen atoms in total. The molecule has 1 aromatic carbocycles. The molecule has 0 fully saturated rings. The summed E-state index contributed by atoms with van der Waals surface area (Å²) in [6.45, 7) is 1.03. The maximum absolute atomic E-state index is 11.8. The highest BCUT2D eigenvalue weighted by molar-refractivity contribution is 6.32. The van der Waals surface area contributed by atoms with Crippen LogP contribution in [-0.2, 0) is 11.3 Å². The van der Waals surface area contributed by atoms with Crippen LogP contribution in [0.3, 0.4) is 0 Å². The predicted octanol–water partition coefficient (Wildman–Crippen LogP) is 2.86. The normalized spacial score (nSPS) is 12.8. The van der Waals surface area contributed by atoms with Crippen molar-refractivity contribution >= 4 is 17.6 Å². The molecular formula is C15H12ClNO4. The van der Waals surface area contributed by atoms with Crippen molar-refractivity contribution in [2.45, 2.75) is 6.61 Å². The van der Waals surface area contributed by atoms with Crippen LogP contribution >= 0.6 is 11.6 Å². The lowest BCUT2D eigenvalue weighted by molar-refractivity contribution is 0.0465. The number of aromatic nitrogens is 1. The van der Waals surface area contributed by atoms with Crippen LogP contribution < -0.4 is 9.47 Å². The number of rotatable bonds is 3. The fraction of sp³-hybridized carbons (Fsp3) is 0.200. The zero-order valence-electron chi connectivity index (χ0n) is 11.0. The van der Waals surface area contributed by atoms with Gasteiger partial charge in [-0.1, -0.05) is 17.7 Å². The highest BCUT2D eigenvalue weighted by Crippen LogP contribution is 2.38. The summed E-state index contributed by atoms with van der Waals surface area (Å²) in [5.74, 6) is 0.613. The van der Waals surface area contributed by atoms with Crippen molar-refractivity contribution in [3.05, 3.63) is 52.8 Å². The van der Waals surface area contributed by atoms with Crippen molar-refractivity contribution in [2.24, 2.45) is 0 Å². The Morgan fingerprint density at radius 1 is 1.29 bits per heavy atom. The minimum Gasteiger partial charge on any atom is -0.486 e. The monoisotopic (exact) mass is 305 g/mol. The lowest BCUT2D eigenvalue weighted by atomic mass is 10.2. The van der Waals surface area contributed by atoms with Gasteiger partial charge in [-0.15, -0.1) is 0 Å². The van der Waals surface area contributed by atoms with Gasteiger partial charge in [-0.2, -0.15) is 0 Å². The molecule has 1 aliphatic rings. The Hall–Kier alpha value is -2.27. The second-order valence-corrected chi connectivity index (χ2v) is 4.80. The Balaban J connectivity index is 1.71. The third kappa shape index (κ3) is 3.08. The van der Waals surface area contributed by atoms with Gasteiger partial charge in [-0.05, 0) is 29.8 Å². The van der Waals surface area contributed by atoms with E-state index in [1.807, 2.05) is 0 Å². The molecule has 2 aromatic rings. The molecule has 0 amide bonds. The number of carbonyl (C=O) groups excluding carboxylic acids is 1. The third-order valence-corrected chi connectivity index (χ3v) is 3.18. The highest BCUT2D eigenvalue weighted by Gasteiger charge is 2.17. The van der Waals surface area contributed by atoms with Crippen LogP contribution in [0.2, 0.25) is 5.02 Å². The number of fused-ring (bicyclic) bond motifs is 1. The van der Waals surface area contributed by atoms with Gasteiger partial charge in [0.05, 0.1) is 5.02 Å². The number of esters is 1. The molecule has 0 spiro atoms. The molecule has 3 rings (SSSR count). The first-order valence-corrected chi connectivity index (χ1v) is 6.78. The number of benzene rings is 1. The molecule has 0 saturated heterocycles. The molecule has 0 bridgehead atoms. The molecule has 1 aliphatic heterocycles. The van der Waals surface area contributed by atoms with Gasteiger partial charge in [0.1, 0.15) is 25.5 Å². The molecule has 108 valence electrons. The van der Waals surface area contributed by atoms with E-state index in [0.717, 1.165) is 5.56 Å². The molecule has 0 N–H and O–H groups in total. The van der Waals surface area contributed by atoms with Gasteiger partial charge in [0.2, 0.25) is 0 Å². The minimum atomic E-state index is -0.485. The molecule has 21 heavy (non-hydrogen) atoms. The summed E-state index contributed by atoms with van der Waals surface area (Å²) in [7, 11) is 0. The van der Waals surface area contributed by atoms with Crippen LogP contribution in [-0.4, -0.2) is 24.2 Å². The van der Waals surface area contributed by atoms with E-state index in [4.69, 9.17) is 25.8 Å². The number of nitrogens with zero attached hydrogens (tertiary/aromatic N) is 1. The van der Waals surface area contributed by atoms with Crippen molar-refractivity contribution in [1.29, 1.82) is 0 Å². The standard InChI is InChI=1S/C15H12ClNO4/c16-11-7-10(8-13-14(11)20-6-5-19-13)9-21-15(18)12-3-1-2-4-17-12/h1-4,7-8H,5-6,9H2. The van der Waals surface area contributed by atoms with E-state index in [9.17, 15) is 4.79 Å². The van der Waals surface area contributed by atoms with Crippen molar-refractivity contribution in [2.75, 3.05) is 13.2 Å². The van der Waals surface area contributed by atoms with E-state index in [0.29, 0.717) is 29.7 Å². The molecule has 0 aliphatic carbocycles. The summed E-state index contributed by atoms with van der Waals surface area (Å²) in [5, 5.41) is 0.441. The van der Waals surface area contributed by atoms with Crippen LogP contribution in [0.4, 0.5) is 0 Å². The van der Waals surface area contributed by atoms with Crippen molar-refractivity contribution < 1.29 is 19.0 Å². The topological polar surface area (TPSA) is 57.7 Å². The summed E-state index contributed by atoms with van der Waals surface area (Å²) >= 11 is 6.12. The summed E-state index contributed by atoms with van der Waals surface area (Å²) in [5.41, 5.74) is 0.995. The second-order valence-electron chi connectivity index (χ2n) is 4.39. The van der Waals surface area contributed by atoms with Gasteiger partial charge in [0.25, 0.3) is 0 Å². The van der Waals surface area contributed by atoms with Gasteiger partial charge < -0.3 is 14.2 Å². The van der Waals surface area contributed by atoms with Crippen molar-refractivity contribution in [3.63, 3.8) is 0 Å². The van der Waals surface area contributed by atoms with Crippen LogP contribution in [0.5, 0.6) is 11.5 Å². The SMILES string of the molecule is O=C(OCc1cc(Cl)c2c(c1)OCCO2)c1ccccn1. The van der Waals surface area contributed by atoms with E-state index >= 15 is 0 Å². The Bertz CT molecular complexity index is 660. The number of halogens is 1. The quantitative estimate of drug-likeness (QED) is 0.816. The molecular weight excluding hydrogens is 294 g/mol. The fourth-order valence-corrected chi connectivity index (χ4v) is 2.24. The van der Waals surface area contributed by atoms with Crippen molar-refractivity contribution in [3.8, 4) is 11.5 Å². The zero-order chi connectivity index (χ0) is 14.7. The number of hydrogen-bond acceptors (Lipinski definition) is 5. The Kier molecular flexibility index (Phi) is 3.92. The first-order chi connectivity index (χ1) is 10.2. The summed E-state index contributed by atoms with van der Waals surface area (Å²) in [6.07, 6.45) is 1.54. The first kappa shape index (κ1) is 13.7. The van der Waals surface area contributed by atoms with Gasteiger partial charge in [-0.3, -0.25) is 0 Å². The van der Waals surface area contributed by atoms with E-state index in [1.165, 1.54) is 6.20 Å². The van der Waals surface area contributed by atoms with Gasteiger partial charge in [0, 0.05) is 6.20 Å². The van der Waals surface area contributed by atoms with E-state index < -0.39 is 5.97 Å². The average molecular weight is 306 g/mol. The van der Waals surface area contributed by atoms with Gasteiger partial charge in [0.15, 0.2) is 11.5 Å². The number of ether oxygens (including phenoxy) is 3. The van der Waals surface area contributed by atoms with E-state index in [-0.39, 0.29) is 12.3 Å². The number of hydrogen-bond donors (Lipinski definition) is 0. The lowest BCUT2D eigenvalue weighted by Crippen LogP contribution is -2.16. The maximum atomic E-state index is 11.8. The first-order valence-electron chi connectivity index (χ1n) is 6.40. The molecule has 1 aromatic heterocycles. The second kappa shape index (κ2) is 6.01. The van der Waals surface area contributed by atoms with Crippen LogP contribution in [0.25, 0.3) is 0 Å². The fourth-order valence-electron chi connectivity index (χ4n) is 1.95. The maximum Gasteiger partial charge on any atom is 0.357 e. The Morgan fingerprint density at radius 2 is 2.14 bits per heavy atom. The Labute approximate surface area is 126 Å². The van der Waals surface area contributed by atoms with Crippen LogP contribution in [0.15, 0.2) is 36.5 Å². The Morgan fingerprint density at radius 3 is 2.95 bits per heavy atom. The van der Waals surface area contributed by atoms with E-state index in [1.54, 1.807) is 30.3 Å². The average Bonchev–Trinajstić information content (AvgIpc) is 2.53. The van der Waals surface area contributed by atoms with Gasteiger partial charge in [-0.25, -0.2) is 9.78 Å². The summed E-state index contributed by atoms with van der Waals surface area (Å²) in [4.78, 5) is 15.8. The lowest BCUT2D eigenvalue weighted by Gasteiger charge is -2.20. The number of pyridine rings is 1. The van der Waals surface area contributed by atoms with Crippen LogP contribution in [0, 0.1) is 0 Å². The molecule has 0 radical (unpaired) electrons. The predicted molar refractivity (Wildman–Crippen MR) is 75.8 cm³/mol. The zero-order valence-corrected chi connectivity index (χ0v) is 11.8. The summed E-state index contributed by atoms with van der Waals surface area (Å²) < 4.78 is 16.1.